The minimum Gasteiger partial charge on any atom is -0.463 e. The van der Waals surface area contributed by atoms with Crippen LogP contribution in [0.15, 0.2) is 0 Å². The van der Waals surface area contributed by atoms with Gasteiger partial charge in [-0.3, -0.25) is 4.79 Å². The molecule has 0 N–H and O–H groups in total. The highest BCUT2D eigenvalue weighted by molar-refractivity contribution is 5.78. The molecule has 0 saturated heterocycles. The largest absolute Gasteiger partial charge is 0.463 e. The summed E-state index contributed by atoms with van der Waals surface area (Å²) in [5.74, 6) is 1.44. The third-order valence-electron chi connectivity index (χ3n) is 4.54. The molecule has 2 fully saturated rings. The molecule has 3 atom stereocenters. The lowest BCUT2D eigenvalue weighted by atomic mass is 10.0. The maximum Gasteiger partial charge on any atom is 0.310 e. The van der Waals surface area contributed by atoms with Gasteiger partial charge in [-0.05, 0) is 42.9 Å². The fourth-order valence-corrected chi connectivity index (χ4v) is 3.31. The minimum absolute atomic E-state index is 0.0109. The van der Waals surface area contributed by atoms with Gasteiger partial charge in [0.25, 0.3) is 0 Å². The average molecular weight is 224 g/mol. The summed E-state index contributed by atoms with van der Waals surface area (Å²) >= 11 is 0. The summed E-state index contributed by atoms with van der Waals surface area (Å²) in [4.78, 5) is 12.0. The van der Waals surface area contributed by atoms with E-state index < -0.39 is 0 Å². The summed E-state index contributed by atoms with van der Waals surface area (Å²) in [7, 11) is 0. The highest BCUT2D eigenvalue weighted by atomic mass is 16.5. The van der Waals surface area contributed by atoms with E-state index >= 15 is 0 Å². The fourth-order valence-electron chi connectivity index (χ4n) is 3.31. The van der Waals surface area contributed by atoms with Crippen molar-refractivity contribution in [1.82, 2.24) is 0 Å². The van der Waals surface area contributed by atoms with Crippen LogP contribution in [0, 0.1) is 28.6 Å². The maximum atomic E-state index is 12.0. The van der Waals surface area contributed by atoms with Gasteiger partial charge in [-0.15, -0.1) is 0 Å². The third kappa shape index (κ3) is 1.76. The summed E-state index contributed by atoms with van der Waals surface area (Å²) in [5, 5.41) is 0. The number of carbonyl (C=O) groups is 1. The van der Waals surface area contributed by atoms with E-state index in [4.69, 9.17) is 4.74 Å². The Hall–Kier alpha value is -0.530. The van der Waals surface area contributed by atoms with E-state index in [2.05, 4.69) is 27.7 Å². The van der Waals surface area contributed by atoms with Crippen molar-refractivity contribution in [1.29, 1.82) is 0 Å². The van der Waals surface area contributed by atoms with Crippen LogP contribution in [0.2, 0.25) is 0 Å². The first kappa shape index (κ1) is 11.9. The third-order valence-corrected chi connectivity index (χ3v) is 4.54. The molecule has 0 aromatic carbocycles. The Morgan fingerprint density at radius 1 is 1.25 bits per heavy atom. The Morgan fingerprint density at radius 2 is 1.75 bits per heavy atom. The van der Waals surface area contributed by atoms with Crippen LogP contribution in [0.5, 0.6) is 0 Å². The smallest absolute Gasteiger partial charge is 0.310 e. The number of esters is 1. The monoisotopic (exact) mass is 224 g/mol. The quantitative estimate of drug-likeness (QED) is 0.688. The highest BCUT2D eigenvalue weighted by Crippen LogP contribution is 2.73. The van der Waals surface area contributed by atoms with Gasteiger partial charge in [0.15, 0.2) is 0 Å². The van der Waals surface area contributed by atoms with Crippen LogP contribution in [0.25, 0.3) is 0 Å². The van der Waals surface area contributed by atoms with Crippen LogP contribution >= 0.6 is 0 Å². The van der Waals surface area contributed by atoms with Crippen LogP contribution < -0.4 is 0 Å². The SMILES string of the molecule is CC(C)OC(=O)C1C(C2CC2(C)C)C1(C)C. The summed E-state index contributed by atoms with van der Waals surface area (Å²) in [5.41, 5.74) is 0.610. The molecule has 3 unspecified atom stereocenters. The summed E-state index contributed by atoms with van der Waals surface area (Å²) < 4.78 is 5.35. The van der Waals surface area contributed by atoms with Gasteiger partial charge in [0.05, 0.1) is 12.0 Å². The predicted octanol–water partition coefficient (Wildman–Crippen LogP) is 3.26. The zero-order valence-electron chi connectivity index (χ0n) is 11.3. The molecule has 0 amide bonds. The van der Waals surface area contributed by atoms with E-state index in [0.717, 1.165) is 5.92 Å². The van der Waals surface area contributed by atoms with Gasteiger partial charge in [0.1, 0.15) is 0 Å². The zero-order chi connectivity index (χ0) is 12.3. The Balaban J connectivity index is 2.00. The van der Waals surface area contributed by atoms with Crippen LogP contribution in [0.4, 0.5) is 0 Å². The molecule has 2 saturated carbocycles. The van der Waals surface area contributed by atoms with Crippen molar-refractivity contribution >= 4 is 5.97 Å². The normalized spacial score (nSPS) is 38.3. The minimum atomic E-state index is 0.0109. The number of hydrogen-bond acceptors (Lipinski definition) is 2. The van der Waals surface area contributed by atoms with E-state index in [0.29, 0.717) is 11.3 Å². The average Bonchev–Trinajstić information content (AvgIpc) is 2.84. The molecule has 0 radical (unpaired) electrons. The van der Waals surface area contributed by atoms with Gasteiger partial charge in [0, 0.05) is 0 Å². The van der Waals surface area contributed by atoms with Crippen LogP contribution in [0.3, 0.4) is 0 Å². The second-order valence-corrected chi connectivity index (χ2v) is 7.11. The molecule has 2 nitrogen and oxygen atoms in total. The van der Waals surface area contributed by atoms with E-state index in [9.17, 15) is 4.79 Å². The summed E-state index contributed by atoms with van der Waals surface area (Å²) in [6.45, 7) is 12.9. The fraction of sp³-hybridized carbons (Fsp3) is 0.929. The Kier molecular flexibility index (Phi) is 2.42. The molecular formula is C14H24O2. The van der Waals surface area contributed by atoms with Gasteiger partial charge in [-0.2, -0.15) is 0 Å². The van der Waals surface area contributed by atoms with E-state index in [1.807, 2.05) is 13.8 Å². The Morgan fingerprint density at radius 3 is 2.12 bits per heavy atom. The predicted molar refractivity (Wildman–Crippen MR) is 63.9 cm³/mol. The lowest BCUT2D eigenvalue weighted by molar-refractivity contribution is -0.150. The molecule has 16 heavy (non-hydrogen) atoms. The lowest BCUT2D eigenvalue weighted by Gasteiger charge is -2.08. The highest BCUT2D eigenvalue weighted by Gasteiger charge is 2.71. The molecule has 0 spiro atoms. The van der Waals surface area contributed by atoms with E-state index in [1.165, 1.54) is 6.42 Å². The molecule has 0 heterocycles. The van der Waals surface area contributed by atoms with Crippen LogP contribution in [0.1, 0.15) is 48.0 Å². The Labute approximate surface area is 98.7 Å². The van der Waals surface area contributed by atoms with Crippen LogP contribution in [-0.4, -0.2) is 12.1 Å². The molecule has 2 rings (SSSR count). The van der Waals surface area contributed by atoms with Crippen molar-refractivity contribution in [2.45, 2.75) is 54.1 Å². The molecule has 0 aromatic heterocycles. The number of rotatable bonds is 3. The molecule has 0 aromatic rings. The van der Waals surface area contributed by atoms with Crippen molar-refractivity contribution in [3.8, 4) is 0 Å². The molecule has 2 aliphatic carbocycles. The molecule has 92 valence electrons. The Bertz CT molecular complexity index is 315. The van der Waals surface area contributed by atoms with Gasteiger partial charge < -0.3 is 4.74 Å². The molecule has 2 heteroatoms. The maximum absolute atomic E-state index is 12.0. The second-order valence-electron chi connectivity index (χ2n) is 7.11. The van der Waals surface area contributed by atoms with Gasteiger partial charge >= 0.3 is 5.97 Å². The van der Waals surface area contributed by atoms with Gasteiger partial charge in [-0.1, -0.05) is 27.7 Å². The van der Waals surface area contributed by atoms with Crippen LogP contribution in [-0.2, 0) is 9.53 Å². The van der Waals surface area contributed by atoms with E-state index in [1.54, 1.807) is 0 Å². The van der Waals surface area contributed by atoms with E-state index in [-0.39, 0.29) is 23.4 Å². The number of carbonyl (C=O) groups excluding carboxylic acids is 1. The molecule has 0 bridgehead atoms. The van der Waals surface area contributed by atoms with Crippen molar-refractivity contribution < 1.29 is 9.53 Å². The van der Waals surface area contributed by atoms with Crippen molar-refractivity contribution in [3.05, 3.63) is 0 Å². The van der Waals surface area contributed by atoms with Crippen molar-refractivity contribution in [2.75, 3.05) is 0 Å². The van der Waals surface area contributed by atoms with Gasteiger partial charge in [-0.25, -0.2) is 0 Å². The topological polar surface area (TPSA) is 26.3 Å². The van der Waals surface area contributed by atoms with Gasteiger partial charge in [0.2, 0.25) is 0 Å². The number of hydrogen-bond donors (Lipinski definition) is 0. The first-order valence-corrected chi connectivity index (χ1v) is 6.38. The standard InChI is InChI=1S/C14H24O2/c1-8(2)16-12(15)11-10(14(11,5)6)9-7-13(9,3)4/h8-11H,7H2,1-6H3. The van der Waals surface area contributed by atoms with Crippen molar-refractivity contribution in [2.24, 2.45) is 28.6 Å². The number of ether oxygens (including phenoxy) is 1. The zero-order valence-corrected chi connectivity index (χ0v) is 11.3. The summed E-state index contributed by atoms with van der Waals surface area (Å²) in [6.07, 6.45) is 1.28. The summed E-state index contributed by atoms with van der Waals surface area (Å²) in [6, 6.07) is 0. The lowest BCUT2D eigenvalue weighted by Crippen LogP contribution is -2.15. The molecule has 0 aliphatic heterocycles. The molecule has 2 aliphatic rings. The first-order valence-electron chi connectivity index (χ1n) is 6.38. The van der Waals surface area contributed by atoms with Crippen molar-refractivity contribution in [3.63, 3.8) is 0 Å². The first-order chi connectivity index (χ1) is 7.18. The second kappa shape index (κ2) is 3.24. The molecular weight excluding hydrogens is 200 g/mol.